The number of hydrogen-bond acceptors (Lipinski definition) is 6. The maximum absolute atomic E-state index is 12.4. The third-order valence-corrected chi connectivity index (χ3v) is 5.58. The lowest BCUT2D eigenvalue weighted by molar-refractivity contribution is -0.139. The van der Waals surface area contributed by atoms with E-state index >= 15 is 0 Å². The number of esters is 1. The van der Waals surface area contributed by atoms with Crippen LogP contribution in [0.3, 0.4) is 0 Å². The molecule has 27 heavy (non-hydrogen) atoms. The van der Waals surface area contributed by atoms with E-state index in [1.54, 1.807) is 6.92 Å². The van der Waals surface area contributed by atoms with Crippen LogP contribution in [0.25, 0.3) is 0 Å². The average molecular weight is 388 g/mol. The molecule has 0 spiro atoms. The Morgan fingerprint density at radius 1 is 1.30 bits per heavy atom. The zero-order valence-corrected chi connectivity index (χ0v) is 17.0. The van der Waals surface area contributed by atoms with Crippen LogP contribution in [-0.2, 0) is 9.53 Å². The molecule has 2 heterocycles. The van der Waals surface area contributed by atoms with Crippen LogP contribution in [0, 0.1) is 32.1 Å². The van der Waals surface area contributed by atoms with Gasteiger partial charge in [0.2, 0.25) is 0 Å². The fourth-order valence-electron chi connectivity index (χ4n) is 2.86. The van der Waals surface area contributed by atoms with E-state index in [4.69, 9.17) is 4.74 Å². The number of nitrogens with zero attached hydrogens (tertiary/aromatic N) is 2. The van der Waals surface area contributed by atoms with E-state index in [0.717, 1.165) is 16.8 Å². The Balaban J connectivity index is 2.40. The van der Waals surface area contributed by atoms with Crippen molar-refractivity contribution in [2.45, 2.75) is 52.1 Å². The minimum atomic E-state index is -0.447. The summed E-state index contributed by atoms with van der Waals surface area (Å²) in [6.45, 7) is 9.62. The number of nitriles is 1. The second-order valence-corrected chi connectivity index (χ2v) is 7.16. The molecule has 0 radical (unpaired) electrons. The molecular weight excluding hydrogens is 364 g/mol. The van der Waals surface area contributed by atoms with Crippen LogP contribution in [0.15, 0.2) is 16.3 Å². The van der Waals surface area contributed by atoms with E-state index in [-0.39, 0.29) is 12.6 Å². The largest absolute Gasteiger partial charge is 0.463 e. The molecule has 1 aliphatic heterocycles. The molecular formula is C19H24N4O3S. The number of carbonyl (C=O) groups excluding carboxylic acids is 2. The highest BCUT2D eigenvalue weighted by molar-refractivity contribution is 7.99. The summed E-state index contributed by atoms with van der Waals surface area (Å²) in [6.07, 6.45) is 0.570. The summed E-state index contributed by atoms with van der Waals surface area (Å²) in [7, 11) is 0. The van der Waals surface area contributed by atoms with Crippen LogP contribution in [0.4, 0.5) is 4.79 Å². The van der Waals surface area contributed by atoms with Gasteiger partial charge >= 0.3 is 12.0 Å². The van der Waals surface area contributed by atoms with Crippen LogP contribution in [0.1, 0.15) is 42.7 Å². The first kappa shape index (κ1) is 20.8. The first-order valence-electron chi connectivity index (χ1n) is 8.82. The van der Waals surface area contributed by atoms with Gasteiger partial charge in [0.25, 0.3) is 0 Å². The zero-order valence-electron chi connectivity index (χ0n) is 16.2. The lowest BCUT2D eigenvalue weighted by Gasteiger charge is -2.28. The SMILES string of the molecule is CCOC(=O)C1=C(CSc2nc(C)c(C)c(C)c2C#N)NC(=O)N[C@@H]1CC. The first-order valence-corrected chi connectivity index (χ1v) is 9.80. The van der Waals surface area contributed by atoms with Gasteiger partial charge in [0.15, 0.2) is 0 Å². The number of pyridine rings is 1. The smallest absolute Gasteiger partial charge is 0.337 e. The Labute approximate surface area is 163 Å². The Kier molecular flexibility index (Phi) is 6.86. The maximum Gasteiger partial charge on any atom is 0.337 e. The van der Waals surface area contributed by atoms with Crippen molar-refractivity contribution >= 4 is 23.8 Å². The highest BCUT2D eigenvalue weighted by Gasteiger charge is 2.31. The number of rotatable bonds is 6. The zero-order chi connectivity index (χ0) is 20.1. The minimum Gasteiger partial charge on any atom is -0.463 e. The van der Waals surface area contributed by atoms with Gasteiger partial charge in [-0.2, -0.15) is 5.26 Å². The van der Waals surface area contributed by atoms with E-state index in [0.29, 0.717) is 34.0 Å². The molecule has 7 nitrogen and oxygen atoms in total. The molecule has 0 saturated carbocycles. The predicted molar refractivity (Wildman–Crippen MR) is 103 cm³/mol. The molecule has 0 aromatic carbocycles. The molecule has 1 aliphatic rings. The van der Waals surface area contributed by atoms with Gasteiger partial charge in [0.1, 0.15) is 11.1 Å². The summed E-state index contributed by atoms with van der Waals surface area (Å²) in [5.41, 5.74) is 4.18. The number of amides is 2. The van der Waals surface area contributed by atoms with Crippen molar-refractivity contribution in [1.29, 1.82) is 5.26 Å². The van der Waals surface area contributed by atoms with Crippen LogP contribution < -0.4 is 10.6 Å². The fraction of sp³-hybridized carbons (Fsp3) is 0.474. The van der Waals surface area contributed by atoms with Gasteiger partial charge in [-0.05, 0) is 45.2 Å². The van der Waals surface area contributed by atoms with Gasteiger partial charge in [-0.25, -0.2) is 14.6 Å². The Morgan fingerprint density at radius 2 is 2.00 bits per heavy atom. The van der Waals surface area contributed by atoms with Crippen molar-refractivity contribution in [2.75, 3.05) is 12.4 Å². The standard InChI is InChI=1S/C19H24N4O3S/c1-6-14-16(18(24)26-7-2)15(23-19(25)22-14)9-27-17-13(8-20)11(4)10(3)12(5)21-17/h14H,6-7,9H2,1-5H3,(H2,22,23,25)/t14-/m1/s1. The number of ether oxygens (including phenoxy) is 1. The van der Waals surface area contributed by atoms with Crippen molar-refractivity contribution in [3.05, 3.63) is 33.7 Å². The molecule has 144 valence electrons. The molecule has 2 amide bonds. The van der Waals surface area contributed by atoms with Crippen molar-refractivity contribution < 1.29 is 14.3 Å². The number of carbonyl (C=O) groups is 2. The molecule has 0 fully saturated rings. The second-order valence-electron chi connectivity index (χ2n) is 6.20. The lowest BCUT2D eigenvalue weighted by Crippen LogP contribution is -2.50. The molecule has 1 atom stereocenters. The van der Waals surface area contributed by atoms with Crippen molar-refractivity contribution in [2.24, 2.45) is 0 Å². The van der Waals surface area contributed by atoms with E-state index in [2.05, 4.69) is 21.7 Å². The average Bonchev–Trinajstić information content (AvgIpc) is 2.64. The van der Waals surface area contributed by atoms with Crippen molar-refractivity contribution in [1.82, 2.24) is 15.6 Å². The normalized spacial score (nSPS) is 16.4. The van der Waals surface area contributed by atoms with Crippen molar-refractivity contribution in [3.8, 4) is 6.07 Å². The van der Waals surface area contributed by atoms with Gasteiger partial charge in [-0.3, -0.25) is 0 Å². The topological polar surface area (TPSA) is 104 Å². The predicted octanol–water partition coefficient (Wildman–Crippen LogP) is 2.88. The monoisotopic (exact) mass is 388 g/mol. The molecule has 8 heteroatoms. The van der Waals surface area contributed by atoms with Crippen molar-refractivity contribution in [3.63, 3.8) is 0 Å². The van der Waals surface area contributed by atoms with Crippen LogP contribution in [0.5, 0.6) is 0 Å². The number of thioether (sulfide) groups is 1. The maximum atomic E-state index is 12.4. The third kappa shape index (κ3) is 4.42. The molecule has 0 aliphatic carbocycles. The fourth-order valence-corrected chi connectivity index (χ4v) is 3.92. The summed E-state index contributed by atoms with van der Waals surface area (Å²) in [6, 6.07) is 1.46. The van der Waals surface area contributed by atoms with E-state index in [1.807, 2.05) is 27.7 Å². The van der Waals surface area contributed by atoms with Gasteiger partial charge in [0, 0.05) is 17.1 Å². The summed E-state index contributed by atoms with van der Waals surface area (Å²) in [5, 5.41) is 15.6. The van der Waals surface area contributed by atoms with Gasteiger partial charge < -0.3 is 15.4 Å². The Hall–Kier alpha value is -2.53. The summed E-state index contributed by atoms with van der Waals surface area (Å²) < 4.78 is 5.16. The minimum absolute atomic E-state index is 0.254. The lowest BCUT2D eigenvalue weighted by atomic mass is 10.0. The number of urea groups is 1. The molecule has 1 aromatic rings. The molecule has 0 saturated heterocycles. The van der Waals surface area contributed by atoms with Crippen LogP contribution in [0.2, 0.25) is 0 Å². The number of aryl methyl sites for hydroxylation is 1. The highest BCUT2D eigenvalue weighted by Crippen LogP contribution is 2.29. The van der Waals surface area contributed by atoms with Crippen LogP contribution in [-0.4, -0.2) is 35.4 Å². The Morgan fingerprint density at radius 3 is 2.59 bits per heavy atom. The number of hydrogen-bond donors (Lipinski definition) is 2. The summed E-state index contributed by atoms with van der Waals surface area (Å²) in [4.78, 5) is 28.9. The number of nitrogens with one attached hydrogen (secondary N) is 2. The van der Waals surface area contributed by atoms with E-state index < -0.39 is 12.0 Å². The second kappa shape index (κ2) is 8.91. The van der Waals surface area contributed by atoms with Crippen LogP contribution >= 0.6 is 11.8 Å². The highest BCUT2D eigenvalue weighted by atomic mass is 32.2. The van der Waals surface area contributed by atoms with Gasteiger partial charge in [0.05, 0.1) is 23.8 Å². The van der Waals surface area contributed by atoms with E-state index in [9.17, 15) is 14.9 Å². The quantitative estimate of drug-likeness (QED) is 0.574. The third-order valence-electron chi connectivity index (χ3n) is 4.58. The first-order chi connectivity index (χ1) is 12.8. The molecule has 2 N–H and O–H groups in total. The molecule has 0 bridgehead atoms. The molecule has 2 rings (SSSR count). The molecule has 1 aromatic heterocycles. The summed E-state index contributed by atoms with van der Waals surface area (Å²) >= 11 is 1.33. The van der Waals surface area contributed by atoms with Gasteiger partial charge in [-0.1, -0.05) is 18.7 Å². The van der Waals surface area contributed by atoms with E-state index in [1.165, 1.54) is 11.8 Å². The van der Waals surface area contributed by atoms with Gasteiger partial charge in [-0.15, -0.1) is 0 Å². The number of aromatic nitrogens is 1. The Bertz CT molecular complexity index is 842. The summed E-state index contributed by atoms with van der Waals surface area (Å²) in [5.74, 6) is -0.140. The molecule has 0 unspecified atom stereocenters.